The Hall–Kier alpha value is -0.770. The fourth-order valence-electron chi connectivity index (χ4n) is 2.93. The van der Waals surface area contributed by atoms with Crippen molar-refractivity contribution < 1.29 is 15.0 Å². The van der Waals surface area contributed by atoms with E-state index in [1.807, 2.05) is 0 Å². The van der Waals surface area contributed by atoms with Crippen molar-refractivity contribution in [3.05, 3.63) is 0 Å². The molecule has 0 aromatic rings. The molecule has 0 aromatic heterocycles. The maximum atomic E-state index is 11.2. The van der Waals surface area contributed by atoms with Crippen LogP contribution in [0.3, 0.4) is 0 Å². The monoisotopic (exact) mass is 229 g/mol. The van der Waals surface area contributed by atoms with Crippen molar-refractivity contribution in [1.29, 1.82) is 0 Å². The van der Waals surface area contributed by atoms with Crippen LogP contribution in [0.4, 0.5) is 4.79 Å². The molecule has 16 heavy (non-hydrogen) atoms. The summed E-state index contributed by atoms with van der Waals surface area (Å²) in [7, 11) is 0. The van der Waals surface area contributed by atoms with Gasteiger partial charge in [0, 0.05) is 19.2 Å². The molecule has 1 amide bonds. The van der Waals surface area contributed by atoms with Crippen LogP contribution < -0.4 is 0 Å². The predicted octanol–water partition coefficient (Wildman–Crippen LogP) is 2.17. The zero-order valence-electron chi connectivity index (χ0n) is 10.4. The lowest BCUT2D eigenvalue weighted by atomic mass is 9.73. The number of carboxylic acid groups (broad SMARTS) is 1. The van der Waals surface area contributed by atoms with Crippen molar-refractivity contribution in [3.63, 3.8) is 0 Å². The van der Waals surface area contributed by atoms with Gasteiger partial charge in [-0.3, -0.25) is 0 Å². The van der Waals surface area contributed by atoms with Crippen molar-refractivity contribution in [2.24, 2.45) is 11.3 Å². The highest BCUT2D eigenvalue weighted by Gasteiger charge is 2.41. The van der Waals surface area contributed by atoms with Crippen LogP contribution in [0.5, 0.6) is 0 Å². The average Bonchev–Trinajstić information content (AvgIpc) is 2.16. The summed E-state index contributed by atoms with van der Waals surface area (Å²) < 4.78 is 0. The maximum absolute atomic E-state index is 11.2. The van der Waals surface area contributed by atoms with Gasteiger partial charge in [-0.15, -0.1) is 0 Å². The van der Waals surface area contributed by atoms with Gasteiger partial charge in [0.15, 0.2) is 0 Å². The minimum absolute atomic E-state index is 0.0194. The SMILES string of the molecule is CC(C)(C)[C@H]1C(CCO)CCCN1C(=O)O. The van der Waals surface area contributed by atoms with E-state index < -0.39 is 6.09 Å². The smallest absolute Gasteiger partial charge is 0.407 e. The van der Waals surface area contributed by atoms with Crippen molar-refractivity contribution in [1.82, 2.24) is 4.90 Å². The van der Waals surface area contributed by atoms with Gasteiger partial charge in [0.1, 0.15) is 0 Å². The number of likely N-dealkylation sites (tertiary alicyclic amines) is 1. The molecule has 4 nitrogen and oxygen atoms in total. The number of nitrogens with zero attached hydrogens (tertiary/aromatic N) is 1. The molecule has 2 N–H and O–H groups in total. The van der Waals surface area contributed by atoms with Gasteiger partial charge in [-0.2, -0.15) is 0 Å². The van der Waals surface area contributed by atoms with E-state index in [1.54, 1.807) is 4.90 Å². The summed E-state index contributed by atoms with van der Waals surface area (Å²) in [6, 6.07) is 0.0194. The summed E-state index contributed by atoms with van der Waals surface area (Å²) in [5, 5.41) is 18.3. The first-order valence-corrected chi connectivity index (χ1v) is 5.98. The van der Waals surface area contributed by atoms with Gasteiger partial charge in [-0.25, -0.2) is 4.79 Å². The van der Waals surface area contributed by atoms with E-state index in [0.29, 0.717) is 13.0 Å². The van der Waals surface area contributed by atoms with E-state index in [1.165, 1.54) is 0 Å². The predicted molar refractivity (Wildman–Crippen MR) is 62.4 cm³/mol. The van der Waals surface area contributed by atoms with E-state index in [0.717, 1.165) is 12.8 Å². The fourth-order valence-corrected chi connectivity index (χ4v) is 2.93. The van der Waals surface area contributed by atoms with Crippen molar-refractivity contribution in [2.45, 2.75) is 46.1 Å². The minimum Gasteiger partial charge on any atom is -0.465 e. The standard InChI is InChI=1S/C12H23NO3/c1-12(2,3)10-9(6-8-14)5-4-7-13(10)11(15)16/h9-10,14H,4-8H2,1-3H3,(H,15,16)/t9?,10-/m1/s1. The molecular weight excluding hydrogens is 206 g/mol. The number of piperidine rings is 1. The molecule has 0 aliphatic carbocycles. The highest BCUT2D eigenvalue weighted by molar-refractivity contribution is 5.65. The number of hydrogen-bond acceptors (Lipinski definition) is 2. The Balaban J connectivity index is 2.89. The van der Waals surface area contributed by atoms with E-state index >= 15 is 0 Å². The van der Waals surface area contributed by atoms with Crippen LogP contribution >= 0.6 is 0 Å². The Morgan fingerprint density at radius 3 is 2.50 bits per heavy atom. The number of hydrogen-bond donors (Lipinski definition) is 2. The van der Waals surface area contributed by atoms with Gasteiger partial charge in [0.2, 0.25) is 0 Å². The molecule has 4 heteroatoms. The third kappa shape index (κ3) is 2.88. The van der Waals surface area contributed by atoms with Crippen molar-refractivity contribution >= 4 is 6.09 Å². The molecule has 0 spiro atoms. The Morgan fingerprint density at radius 2 is 2.06 bits per heavy atom. The summed E-state index contributed by atoms with van der Waals surface area (Å²) in [6.45, 7) is 6.99. The lowest BCUT2D eigenvalue weighted by Gasteiger charge is -2.46. The normalized spacial score (nSPS) is 26.9. The van der Waals surface area contributed by atoms with Crippen molar-refractivity contribution in [2.75, 3.05) is 13.2 Å². The molecule has 1 saturated heterocycles. The van der Waals surface area contributed by atoms with E-state index in [4.69, 9.17) is 5.11 Å². The topological polar surface area (TPSA) is 60.8 Å². The van der Waals surface area contributed by atoms with Crippen LogP contribution in [0.15, 0.2) is 0 Å². The summed E-state index contributed by atoms with van der Waals surface area (Å²) in [5.41, 5.74) is -0.0708. The second-order valence-corrected chi connectivity index (χ2v) is 5.70. The van der Waals surface area contributed by atoms with Gasteiger partial charge in [-0.1, -0.05) is 20.8 Å². The first-order chi connectivity index (χ1) is 7.38. The van der Waals surface area contributed by atoms with Crippen LogP contribution in [-0.2, 0) is 0 Å². The number of aliphatic hydroxyl groups excluding tert-OH is 1. The molecular formula is C12H23NO3. The lowest BCUT2D eigenvalue weighted by Crippen LogP contribution is -2.54. The Morgan fingerprint density at radius 1 is 1.44 bits per heavy atom. The van der Waals surface area contributed by atoms with Gasteiger partial charge in [0.25, 0.3) is 0 Å². The molecule has 1 fully saturated rings. The quantitative estimate of drug-likeness (QED) is 0.763. The first-order valence-electron chi connectivity index (χ1n) is 5.98. The molecule has 0 bridgehead atoms. The number of carbonyl (C=O) groups is 1. The minimum atomic E-state index is -0.831. The lowest BCUT2D eigenvalue weighted by molar-refractivity contribution is 0.0147. The Bertz CT molecular complexity index is 245. The molecule has 1 aliphatic rings. The van der Waals surface area contributed by atoms with E-state index in [9.17, 15) is 9.90 Å². The molecule has 2 atom stereocenters. The molecule has 94 valence electrons. The summed E-state index contributed by atoms with van der Waals surface area (Å²) >= 11 is 0. The average molecular weight is 229 g/mol. The molecule has 1 heterocycles. The summed E-state index contributed by atoms with van der Waals surface area (Å²) in [4.78, 5) is 12.8. The van der Waals surface area contributed by atoms with Crippen molar-refractivity contribution in [3.8, 4) is 0 Å². The van der Waals surface area contributed by atoms with Crippen LogP contribution in [-0.4, -0.2) is 40.4 Å². The second-order valence-electron chi connectivity index (χ2n) is 5.70. The largest absolute Gasteiger partial charge is 0.465 e. The third-order valence-electron chi connectivity index (χ3n) is 3.39. The third-order valence-corrected chi connectivity index (χ3v) is 3.39. The van der Waals surface area contributed by atoms with Crippen LogP contribution in [0.1, 0.15) is 40.0 Å². The molecule has 0 radical (unpaired) electrons. The zero-order valence-corrected chi connectivity index (χ0v) is 10.4. The molecule has 1 rings (SSSR count). The van der Waals surface area contributed by atoms with Gasteiger partial charge in [0.05, 0.1) is 0 Å². The molecule has 1 aliphatic heterocycles. The molecule has 0 aromatic carbocycles. The van der Waals surface area contributed by atoms with Crippen LogP contribution in [0.2, 0.25) is 0 Å². The van der Waals surface area contributed by atoms with Gasteiger partial charge >= 0.3 is 6.09 Å². The zero-order chi connectivity index (χ0) is 12.3. The van der Waals surface area contributed by atoms with Crippen LogP contribution in [0, 0.1) is 11.3 Å². The van der Waals surface area contributed by atoms with E-state index in [2.05, 4.69) is 20.8 Å². The van der Waals surface area contributed by atoms with E-state index in [-0.39, 0.29) is 24.0 Å². The highest BCUT2D eigenvalue weighted by atomic mass is 16.4. The second kappa shape index (κ2) is 5.04. The Labute approximate surface area is 97.3 Å². The summed E-state index contributed by atoms with van der Waals surface area (Å²) in [5.74, 6) is 0.287. The first kappa shape index (κ1) is 13.3. The van der Waals surface area contributed by atoms with Gasteiger partial charge < -0.3 is 15.1 Å². The van der Waals surface area contributed by atoms with Crippen LogP contribution in [0.25, 0.3) is 0 Å². The number of aliphatic hydroxyl groups is 1. The van der Waals surface area contributed by atoms with Gasteiger partial charge in [-0.05, 0) is 30.6 Å². The highest BCUT2D eigenvalue weighted by Crippen LogP contribution is 2.37. The molecule has 1 unspecified atom stereocenters. The maximum Gasteiger partial charge on any atom is 0.407 e. The summed E-state index contributed by atoms with van der Waals surface area (Å²) in [6.07, 6.45) is 1.80. The number of rotatable bonds is 2. The molecule has 0 saturated carbocycles. The number of amides is 1. The fraction of sp³-hybridized carbons (Fsp3) is 0.917. The Kier molecular flexibility index (Phi) is 4.19.